The molecule has 0 atom stereocenters. The molecule has 1 heterocycles. The molecule has 0 spiro atoms. The van der Waals surface area contributed by atoms with Gasteiger partial charge >= 0.3 is 0 Å². The number of benzene rings is 1. The number of rotatable bonds is 10. The van der Waals surface area contributed by atoms with Gasteiger partial charge in [-0.15, -0.1) is 10.2 Å². The lowest BCUT2D eigenvalue weighted by Gasteiger charge is -2.13. The first-order valence-electron chi connectivity index (χ1n) is 9.36. The van der Waals surface area contributed by atoms with Crippen molar-refractivity contribution in [3.05, 3.63) is 46.5 Å². The van der Waals surface area contributed by atoms with Crippen LogP contribution in [-0.2, 0) is 19.5 Å². The highest BCUT2D eigenvalue weighted by atomic mass is 79.9. The minimum absolute atomic E-state index is 0.656. The first-order valence-corrected chi connectivity index (χ1v) is 10.2. The molecule has 0 radical (unpaired) electrons. The summed E-state index contributed by atoms with van der Waals surface area (Å²) in [4.78, 5) is 4.72. The van der Waals surface area contributed by atoms with Crippen LogP contribution in [0.25, 0.3) is 0 Å². The number of halogens is 1. The summed E-state index contributed by atoms with van der Waals surface area (Å²) in [5, 5.41) is 15.0. The highest BCUT2D eigenvalue weighted by Gasteiger charge is 2.03. The van der Waals surface area contributed by atoms with E-state index in [2.05, 4.69) is 67.3 Å². The first kappa shape index (κ1) is 20.4. The average Bonchev–Trinajstić information content (AvgIpc) is 3.11. The number of nitrogens with one attached hydrogen (secondary N) is 2. The van der Waals surface area contributed by atoms with Crippen molar-refractivity contribution >= 4 is 21.9 Å². The van der Waals surface area contributed by atoms with E-state index in [9.17, 15) is 0 Å². The fourth-order valence-corrected chi connectivity index (χ4v) is 2.81. The lowest BCUT2D eigenvalue weighted by Crippen LogP contribution is -2.39. The zero-order valence-corrected chi connectivity index (χ0v) is 17.3. The van der Waals surface area contributed by atoms with Crippen LogP contribution in [0.3, 0.4) is 0 Å². The number of hydrogen-bond donors (Lipinski definition) is 2. The lowest BCUT2D eigenvalue weighted by molar-refractivity contribution is 0.625. The molecule has 2 rings (SSSR count). The average molecular weight is 421 g/mol. The van der Waals surface area contributed by atoms with Gasteiger partial charge in [0.1, 0.15) is 12.2 Å². The molecule has 0 unspecified atom stereocenters. The van der Waals surface area contributed by atoms with Gasteiger partial charge in [-0.3, -0.25) is 0 Å². The molecule has 0 fully saturated rings. The molecule has 0 aliphatic rings. The second kappa shape index (κ2) is 11.7. The predicted molar refractivity (Wildman–Crippen MR) is 110 cm³/mol. The Hall–Kier alpha value is -1.89. The summed E-state index contributed by atoms with van der Waals surface area (Å²) in [7, 11) is 0. The summed E-state index contributed by atoms with van der Waals surface area (Å²) >= 11 is 3.47. The molecule has 1 aromatic carbocycles. The molecular weight excluding hydrogens is 392 g/mol. The van der Waals surface area contributed by atoms with Crippen LogP contribution in [0.5, 0.6) is 0 Å². The SMILES string of the molecule is CCCCCNC(=NCc1ccc(Br)cc1)NCCn1cnnc1CC. The highest BCUT2D eigenvalue weighted by molar-refractivity contribution is 9.10. The molecule has 142 valence electrons. The molecule has 0 aliphatic carbocycles. The van der Waals surface area contributed by atoms with Gasteiger partial charge in [0.05, 0.1) is 6.54 Å². The molecule has 0 saturated heterocycles. The van der Waals surface area contributed by atoms with Crippen LogP contribution in [0.1, 0.15) is 44.5 Å². The van der Waals surface area contributed by atoms with Crippen molar-refractivity contribution < 1.29 is 0 Å². The quantitative estimate of drug-likeness (QED) is 0.350. The Labute approximate surface area is 164 Å². The maximum Gasteiger partial charge on any atom is 0.191 e. The van der Waals surface area contributed by atoms with Crippen molar-refractivity contribution in [2.45, 2.75) is 52.6 Å². The maximum atomic E-state index is 4.72. The van der Waals surface area contributed by atoms with Crippen molar-refractivity contribution in [3.63, 3.8) is 0 Å². The smallest absolute Gasteiger partial charge is 0.191 e. The number of unbranched alkanes of at least 4 members (excludes halogenated alkanes) is 2. The third kappa shape index (κ3) is 7.15. The van der Waals surface area contributed by atoms with E-state index in [1.807, 2.05) is 12.1 Å². The van der Waals surface area contributed by atoms with Crippen molar-refractivity contribution in [1.82, 2.24) is 25.4 Å². The van der Waals surface area contributed by atoms with Crippen LogP contribution in [0.15, 0.2) is 40.1 Å². The van der Waals surface area contributed by atoms with Gasteiger partial charge < -0.3 is 15.2 Å². The zero-order valence-electron chi connectivity index (χ0n) is 15.7. The fraction of sp³-hybridized carbons (Fsp3) is 0.526. The minimum Gasteiger partial charge on any atom is -0.356 e. The van der Waals surface area contributed by atoms with E-state index in [-0.39, 0.29) is 0 Å². The van der Waals surface area contributed by atoms with Crippen LogP contribution in [0.2, 0.25) is 0 Å². The Morgan fingerprint density at radius 2 is 1.88 bits per heavy atom. The third-order valence-electron chi connectivity index (χ3n) is 4.06. The monoisotopic (exact) mass is 420 g/mol. The van der Waals surface area contributed by atoms with E-state index >= 15 is 0 Å². The van der Waals surface area contributed by atoms with E-state index in [4.69, 9.17) is 4.99 Å². The third-order valence-corrected chi connectivity index (χ3v) is 4.59. The largest absolute Gasteiger partial charge is 0.356 e. The summed E-state index contributed by atoms with van der Waals surface area (Å²) in [6, 6.07) is 8.27. The normalized spacial score (nSPS) is 11.6. The van der Waals surface area contributed by atoms with Gasteiger partial charge in [0.25, 0.3) is 0 Å². The second-order valence-corrected chi connectivity index (χ2v) is 7.06. The number of nitrogens with zero attached hydrogens (tertiary/aromatic N) is 4. The van der Waals surface area contributed by atoms with Gasteiger partial charge in [0.2, 0.25) is 0 Å². The van der Waals surface area contributed by atoms with Crippen LogP contribution in [0.4, 0.5) is 0 Å². The predicted octanol–water partition coefficient (Wildman–Crippen LogP) is 3.53. The molecule has 7 heteroatoms. The van der Waals surface area contributed by atoms with Crippen LogP contribution in [0, 0.1) is 0 Å². The molecule has 26 heavy (non-hydrogen) atoms. The molecule has 6 nitrogen and oxygen atoms in total. The number of aliphatic imine (C=N–C) groups is 1. The van der Waals surface area contributed by atoms with Crippen LogP contribution in [-0.4, -0.2) is 33.8 Å². The molecule has 0 bridgehead atoms. The first-order chi connectivity index (χ1) is 12.7. The van der Waals surface area contributed by atoms with E-state index in [1.54, 1.807) is 6.33 Å². The highest BCUT2D eigenvalue weighted by Crippen LogP contribution is 2.11. The van der Waals surface area contributed by atoms with Gasteiger partial charge in [0.15, 0.2) is 5.96 Å². The van der Waals surface area contributed by atoms with Gasteiger partial charge in [-0.2, -0.15) is 0 Å². The summed E-state index contributed by atoms with van der Waals surface area (Å²) < 4.78 is 3.16. The van der Waals surface area contributed by atoms with Gasteiger partial charge in [0, 0.05) is 30.5 Å². The summed E-state index contributed by atoms with van der Waals surface area (Å²) in [6.07, 6.45) is 6.27. The Morgan fingerprint density at radius 3 is 2.62 bits per heavy atom. The van der Waals surface area contributed by atoms with E-state index in [0.29, 0.717) is 6.54 Å². The Kier molecular flexibility index (Phi) is 9.17. The zero-order chi connectivity index (χ0) is 18.6. The van der Waals surface area contributed by atoms with Gasteiger partial charge in [-0.05, 0) is 24.1 Å². The standard InChI is InChI=1S/C19H29BrN6/c1-3-5-6-11-21-19(23-14-16-7-9-17(20)10-8-16)22-12-13-26-15-24-25-18(26)4-2/h7-10,15H,3-6,11-14H2,1-2H3,(H2,21,22,23). The molecule has 0 aliphatic heterocycles. The van der Waals surface area contributed by atoms with Crippen molar-refractivity contribution in [3.8, 4) is 0 Å². The second-order valence-electron chi connectivity index (χ2n) is 6.15. The van der Waals surface area contributed by atoms with Crippen LogP contribution < -0.4 is 10.6 Å². The van der Waals surface area contributed by atoms with E-state index < -0.39 is 0 Å². The minimum atomic E-state index is 0.656. The Morgan fingerprint density at radius 1 is 1.12 bits per heavy atom. The van der Waals surface area contributed by atoms with Crippen molar-refractivity contribution in [1.29, 1.82) is 0 Å². The molecule has 0 amide bonds. The Bertz CT molecular complexity index is 665. The number of aryl methyl sites for hydroxylation is 1. The molecular formula is C19H29BrN6. The Balaban J connectivity index is 1.89. The van der Waals surface area contributed by atoms with Crippen LogP contribution >= 0.6 is 15.9 Å². The van der Waals surface area contributed by atoms with E-state index in [0.717, 1.165) is 48.7 Å². The van der Waals surface area contributed by atoms with Crippen molar-refractivity contribution in [2.24, 2.45) is 4.99 Å². The van der Waals surface area contributed by atoms with Crippen molar-refractivity contribution in [2.75, 3.05) is 13.1 Å². The number of guanidine groups is 1. The van der Waals surface area contributed by atoms with E-state index in [1.165, 1.54) is 18.4 Å². The molecule has 1 aromatic heterocycles. The number of hydrogen-bond acceptors (Lipinski definition) is 3. The summed E-state index contributed by atoms with van der Waals surface area (Å²) in [5.74, 6) is 1.87. The topological polar surface area (TPSA) is 67.1 Å². The lowest BCUT2D eigenvalue weighted by atomic mass is 10.2. The summed E-state index contributed by atoms with van der Waals surface area (Å²) in [6.45, 7) is 7.50. The summed E-state index contributed by atoms with van der Waals surface area (Å²) in [5.41, 5.74) is 1.19. The maximum absolute atomic E-state index is 4.72. The fourth-order valence-electron chi connectivity index (χ4n) is 2.55. The van der Waals surface area contributed by atoms with Gasteiger partial charge in [-0.1, -0.05) is 54.8 Å². The molecule has 2 aromatic rings. The number of aromatic nitrogens is 3. The van der Waals surface area contributed by atoms with Gasteiger partial charge in [-0.25, -0.2) is 4.99 Å². The molecule has 2 N–H and O–H groups in total. The molecule has 0 saturated carbocycles.